The number of carbonyl (C=O) groups is 1. The zero-order valence-electron chi connectivity index (χ0n) is 14.5. The number of hydrogen-bond acceptors (Lipinski definition) is 5. The lowest BCUT2D eigenvalue weighted by atomic mass is 9.98. The van der Waals surface area contributed by atoms with E-state index < -0.39 is 5.91 Å². The Morgan fingerprint density at radius 3 is 2.72 bits per heavy atom. The van der Waals surface area contributed by atoms with Gasteiger partial charge in [0, 0.05) is 24.6 Å². The maximum absolute atomic E-state index is 11.3. The predicted molar refractivity (Wildman–Crippen MR) is 95.9 cm³/mol. The minimum Gasteiger partial charge on any atom is -0.376 e. The van der Waals surface area contributed by atoms with Crippen LogP contribution in [0.25, 0.3) is 11.4 Å². The van der Waals surface area contributed by atoms with Gasteiger partial charge in [-0.25, -0.2) is 0 Å². The van der Waals surface area contributed by atoms with Crippen LogP contribution in [-0.4, -0.2) is 47.5 Å². The van der Waals surface area contributed by atoms with E-state index in [9.17, 15) is 4.79 Å². The Morgan fingerprint density at radius 2 is 2.04 bits per heavy atom. The van der Waals surface area contributed by atoms with E-state index in [2.05, 4.69) is 21.9 Å². The number of hydrogen-bond donors (Lipinski definition) is 1. The van der Waals surface area contributed by atoms with Gasteiger partial charge in [-0.05, 0) is 62.7 Å². The molecule has 0 bridgehead atoms. The van der Waals surface area contributed by atoms with Gasteiger partial charge < -0.3 is 15.4 Å². The zero-order valence-corrected chi connectivity index (χ0v) is 14.5. The number of primary amides is 1. The molecule has 2 aromatic rings. The quantitative estimate of drug-likeness (QED) is 0.871. The van der Waals surface area contributed by atoms with Crippen LogP contribution in [0.2, 0.25) is 0 Å². The number of aromatic nitrogens is 2. The molecule has 2 N–H and O–H groups in total. The standard InChI is InChI=1S/C19H24N4O2/c1-23-8-5-14(6-9-23)12-25-13-15-2-3-17(22-11-15)18-10-16(19(20)24)4-7-21-18/h2-4,7,10-11,14H,5-6,8-9,12-13H2,1H3,(H2,20,24). The lowest BCUT2D eigenvalue weighted by Gasteiger charge is -2.28. The SMILES string of the molecule is CN1CCC(COCc2ccc(-c3cc(C(N)=O)ccn3)nc2)CC1. The summed E-state index contributed by atoms with van der Waals surface area (Å²) in [6.07, 6.45) is 5.77. The fourth-order valence-corrected chi connectivity index (χ4v) is 2.96. The molecule has 6 nitrogen and oxygen atoms in total. The molecule has 25 heavy (non-hydrogen) atoms. The third kappa shape index (κ3) is 4.84. The molecule has 2 aromatic heterocycles. The van der Waals surface area contributed by atoms with Crippen molar-refractivity contribution in [1.29, 1.82) is 0 Å². The highest BCUT2D eigenvalue weighted by Gasteiger charge is 2.16. The van der Waals surface area contributed by atoms with Gasteiger partial charge in [0.1, 0.15) is 0 Å². The van der Waals surface area contributed by atoms with Crippen molar-refractivity contribution < 1.29 is 9.53 Å². The van der Waals surface area contributed by atoms with E-state index >= 15 is 0 Å². The van der Waals surface area contributed by atoms with Gasteiger partial charge >= 0.3 is 0 Å². The van der Waals surface area contributed by atoms with Crippen LogP contribution in [0.1, 0.15) is 28.8 Å². The number of piperidine rings is 1. The fourth-order valence-electron chi connectivity index (χ4n) is 2.96. The van der Waals surface area contributed by atoms with Crippen LogP contribution >= 0.6 is 0 Å². The molecule has 3 heterocycles. The highest BCUT2D eigenvalue weighted by Crippen LogP contribution is 2.18. The number of amides is 1. The molecule has 6 heteroatoms. The molecule has 1 fully saturated rings. The lowest BCUT2D eigenvalue weighted by molar-refractivity contribution is 0.0621. The summed E-state index contributed by atoms with van der Waals surface area (Å²) < 4.78 is 5.86. The van der Waals surface area contributed by atoms with Crippen LogP contribution in [-0.2, 0) is 11.3 Å². The number of pyridine rings is 2. The Balaban J connectivity index is 1.54. The number of nitrogens with zero attached hydrogens (tertiary/aromatic N) is 3. The van der Waals surface area contributed by atoms with Crippen LogP contribution in [0.4, 0.5) is 0 Å². The second kappa shape index (κ2) is 8.18. The number of rotatable bonds is 6. The molecule has 0 aliphatic carbocycles. The summed E-state index contributed by atoms with van der Waals surface area (Å²) in [6.45, 7) is 3.68. The van der Waals surface area contributed by atoms with Crippen molar-refractivity contribution in [2.75, 3.05) is 26.7 Å². The molecule has 1 aliphatic rings. The van der Waals surface area contributed by atoms with Crippen LogP contribution in [0, 0.1) is 5.92 Å². The molecule has 0 aromatic carbocycles. The van der Waals surface area contributed by atoms with E-state index in [1.54, 1.807) is 24.5 Å². The molecule has 0 unspecified atom stereocenters. The van der Waals surface area contributed by atoms with Gasteiger partial charge in [0.25, 0.3) is 0 Å². The van der Waals surface area contributed by atoms with Crippen molar-refractivity contribution in [2.24, 2.45) is 11.7 Å². The van der Waals surface area contributed by atoms with Gasteiger partial charge in [-0.2, -0.15) is 0 Å². The first-order valence-corrected chi connectivity index (χ1v) is 8.59. The Bertz CT molecular complexity index is 710. The fraction of sp³-hybridized carbons (Fsp3) is 0.421. The van der Waals surface area contributed by atoms with Crippen molar-refractivity contribution in [3.05, 3.63) is 47.8 Å². The normalized spacial score (nSPS) is 16.0. The lowest BCUT2D eigenvalue weighted by Crippen LogP contribution is -2.31. The van der Waals surface area contributed by atoms with Gasteiger partial charge in [-0.15, -0.1) is 0 Å². The number of ether oxygens (including phenoxy) is 1. The number of likely N-dealkylation sites (tertiary alicyclic amines) is 1. The largest absolute Gasteiger partial charge is 0.376 e. The molecule has 1 aliphatic heterocycles. The van der Waals surface area contributed by atoms with Crippen molar-refractivity contribution in [3.8, 4) is 11.4 Å². The van der Waals surface area contributed by atoms with Gasteiger partial charge in [-0.1, -0.05) is 6.07 Å². The molecule has 0 radical (unpaired) electrons. The summed E-state index contributed by atoms with van der Waals surface area (Å²) in [5.74, 6) is 0.187. The molecule has 132 valence electrons. The first kappa shape index (κ1) is 17.5. The summed E-state index contributed by atoms with van der Waals surface area (Å²) in [5, 5.41) is 0. The Kier molecular flexibility index (Phi) is 5.73. The molecular weight excluding hydrogens is 316 g/mol. The van der Waals surface area contributed by atoms with Crippen molar-refractivity contribution in [1.82, 2.24) is 14.9 Å². The topological polar surface area (TPSA) is 81.3 Å². The monoisotopic (exact) mass is 340 g/mol. The number of nitrogens with two attached hydrogens (primary N) is 1. The molecule has 0 spiro atoms. The second-order valence-electron chi connectivity index (χ2n) is 6.61. The van der Waals surface area contributed by atoms with E-state index in [4.69, 9.17) is 10.5 Å². The van der Waals surface area contributed by atoms with Gasteiger partial charge in [0.15, 0.2) is 0 Å². The van der Waals surface area contributed by atoms with Crippen molar-refractivity contribution in [3.63, 3.8) is 0 Å². The first-order chi connectivity index (χ1) is 12.1. The van der Waals surface area contributed by atoms with Crippen LogP contribution in [0.5, 0.6) is 0 Å². The smallest absolute Gasteiger partial charge is 0.248 e. The third-order valence-corrected chi connectivity index (χ3v) is 4.59. The van der Waals surface area contributed by atoms with Crippen molar-refractivity contribution >= 4 is 5.91 Å². The Hall–Kier alpha value is -2.31. The second-order valence-corrected chi connectivity index (χ2v) is 6.61. The van der Waals surface area contributed by atoms with Crippen molar-refractivity contribution in [2.45, 2.75) is 19.4 Å². The molecule has 0 atom stereocenters. The molecule has 1 saturated heterocycles. The highest BCUT2D eigenvalue weighted by atomic mass is 16.5. The molecule has 1 amide bonds. The Morgan fingerprint density at radius 1 is 1.24 bits per heavy atom. The van der Waals surface area contributed by atoms with Crippen LogP contribution < -0.4 is 5.73 Å². The summed E-state index contributed by atoms with van der Waals surface area (Å²) in [7, 11) is 2.16. The molecular formula is C19H24N4O2. The van der Waals surface area contributed by atoms with Crippen LogP contribution in [0.3, 0.4) is 0 Å². The van der Waals surface area contributed by atoms with Crippen LogP contribution in [0.15, 0.2) is 36.7 Å². The highest BCUT2D eigenvalue weighted by molar-refractivity contribution is 5.93. The zero-order chi connectivity index (χ0) is 17.6. The predicted octanol–water partition coefficient (Wildman–Crippen LogP) is 2.10. The van der Waals surface area contributed by atoms with E-state index in [-0.39, 0.29) is 0 Å². The summed E-state index contributed by atoms with van der Waals surface area (Å²) in [4.78, 5) is 22.3. The van der Waals surface area contributed by atoms with E-state index in [0.29, 0.717) is 29.5 Å². The molecule has 3 rings (SSSR count). The first-order valence-electron chi connectivity index (χ1n) is 8.59. The molecule has 0 saturated carbocycles. The average molecular weight is 340 g/mol. The van der Waals surface area contributed by atoms with E-state index in [1.807, 2.05) is 12.1 Å². The number of carbonyl (C=O) groups excluding carboxylic acids is 1. The Labute approximate surface area is 148 Å². The maximum Gasteiger partial charge on any atom is 0.248 e. The minimum absolute atomic E-state index is 0.428. The summed E-state index contributed by atoms with van der Waals surface area (Å²) >= 11 is 0. The maximum atomic E-state index is 11.3. The van der Waals surface area contributed by atoms with E-state index in [1.165, 1.54) is 12.8 Å². The third-order valence-electron chi connectivity index (χ3n) is 4.59. The summed E-state index contributed by atoms with van der Waals surface area (Å²) in [6, 6.07) is 7.12. The summed E-state index contributed by atoms with van der Waals surface area (Å²) in [5.41, 5.74) is 8.11. The van der Waals surface area contributed by atoms with E-state index in [0.717, 1.165) is 25.3 Å². The average Bonchev–Trinajstić information content (AvgIpc) is 2.64. The van der Waals surface area contributed by atoms with Gasteiger partial charge in [0.05, 0.1) is 18.0 Å². The van der Waals surface area contributed by atoms with Gasteiger partial charge in [0.2, 0.25) is 5.91 Å². The minimum atomic E-state index is -0.470. The van der Waals surface area contributed by atoms with Gasteiger partial charge in [-0.3, -0.25) is 14.8 Å².